The minimum Gasteiger partial charge on any atom is -0.493 e. The standard InChI is InChI=1S/C16H17NO6S/c1-9(15(19)23-4)17-14(18)12(24-16(17)20)8-10-6-5-7-11(21-2)13(10)22-3/h5-9H,1-4H3/b12-8+/t9-/m0/s1. The van der Waals surface area contributed by atoms with Gasteiger partial charge < -0.3 is 14.2 Å². The third-order valence-electron chi connectivity index (χ3n) is 3.47. The van der Waals surface area contributed by atoms with Gasteiger partial charge in [-0.3, -0.25) is 14.5 Å². The van der Waals surface area contributed by atoms with Crippen LogP contribution in [-0.2, 0) is 14.3 Å². The normalized spacial score (nSPS) is 17.2. The average molecular weight is 351 g/mol. The molecule has 0 N–H and O–H groups in total. The molecule has 0 unspecified atom stereocenters. The van der Waals surface area contributed by atoms with Gasteiger partial charge in [-0.05, 0) is 30.8 Å². The van der Waals surface area contributed by atoms with Crippen molar-refractivity contribution in [3.8, 4) is 11.5 Å². The first-order valence-corrected chi connectivity index (χ1v) is 7.82. The molecule has 0 aliphatic carbocycles. The molecule has 0 radical (unpaired) electrons. The maximum Gasteiger partial charge on any atom is 0.328 e. The Morgan fingerprint density at radius 3 is 2.50 bits per heavy atom. The van der Waals surface area contributed by atoms with Gasteiger partial charge in [0.2, 0.25) is 0 Å². The van der Waals surface area contributed by atoms with Gasteiger partial charge in [-0.15, -0.1) is 0 Å². The van der Waals surface area contributed by atoms with Gasteiger partial charge in [-0.2, -0.15) is 0 Å². The van der Waals surface area contributed by atoms with Crippen molar-refractivity contribution in [1.29, 1.82) is 0 Å². The summed E-state index contributed by atoms with van der Waals surface area (Å²) in [6.07, 6.45) is 1.54. The molecular formula is C16H17NO6S. The number of thioether (sulfide) groups is 1. The second-order valence-electron chi connectivity index (χ2n) is 4.83. The third-order valence-corrected chi connectivity index (χ3v) is 4.36. The van der Waals surface area contributed by atoms with E-state index in [1.54, 1.807) is 18.2 Å². The molecule has 0 bridgehead atoms. The summed E-state index contributed by atoms with van der Waals surface area (Å²) in [5.41, 5.74) is 0.591. The van der Waals surface area contributed by atoms with Crippen LogP contribution >= 0.6 is 11.8 Å². The topological polar surface area (TPSA) is 82.1 Å². The molecule has 128 valence electrons. The fraction of sp³-hybridized carbons (Fsp3) is 0.312. The third kappa shape index (κ3) is 3.23. The number of carbonyl (C=O) groups excluding carboxylic acids is 3. The van der Waals surface area contributed by atoms with Gasteiger partial charge in [0.1, 0.15) is 6.04 Å². The van der Waals surface area contributed by atoms with Crippen LogP contribution in [-0.4, -0.2) is 49.4 Å². The number of para-hydroxylation sites is 1. The van der Waals surface area contributed by atoms with E-state index in [4.69, 9.17) is 9.47 Å². The minimum atomic E-state index is -0.986. The predicted molar refractivity (Wildman–Crippen MR) is 88.8 cm³/mol. The quantitative estimate of drug-likeness (QED) is 0.594. The SMILES string of the molecule is COC(=O)[C@H](C)N1C(=O)S/C(=C/c2cccc(OC)c2OC)C1=O. The van der Waals surface area contributed by atoms with Gasteiger partial charge in [-0.25, -0.2) is 4.79 Å². The Kier molecular flexibility index (Phi) is 5.50. The van der Waals surface area contributed by atoms with Gasteiger partial charge >= 0.3 is 5.97 Å². The second kappa shape index (κ2) is 7.39. The van der Waals surface area contributed by atoms with E-state index in [1.807, 2.05) is 0 Å². The molecule has 2 rings (SSSR count). The monoisotopic (exact) mass is 351 g/mol. The van der Waals surface area contributed by atoms with Gasteiger partial charge in [0.15, 0.2) is 11.5 Å². The zero-order chi connectivity index (χ0) is 17.9. The summed E-state index contributed by atoms with van der Waals surface area (Å²) in [5.74, 6) is -0.244. The summed E-state index contributed by atoms with van der Waals surface area (Å²) in [6.45, 7) is 1.44. The Balaban J connectivity index is 2.38. The van der Waals surface area contributed by atoms with Crippen LogP contribution < -0.4 is 9.47 Å². The smallest absolute Gasteiger partial charge is 0.328 e. The van der Waals surface area contributed by atoms with Crippen LogP contribution in [0.4, 0.5) is 4.79 Å². The first-order valence-electron chi connectivity index (χ1n) is 7.00. The maximum absolute atomic E-state index is 12.5. The summed E-state index contributed by atoms with van der Waals surface area (Å²) in [5, 5.41) is -0.522. The van der Waals surface area contributed by atoms with E-state index in [1.165, 1.54) is 34.3 Å². The lowest BCUT2D eigenvalue weighted by molar-refractivity contribution is -0.148. The molecule has 1 aliphatic rings. The summed E-state index contributed by atoms with van der Waals surface area (Å²) in [6, 6.07) is 4.22. The molecule has 1 aliphatic heterocycles. The number of nitrogens with zero attached hydrogens (tertiary/aromatic N) is 1. The minimum absolute atomic E-state index is 0.197. The van der Waals surface area contributed by atoms with E-state index in [0.29, 0.717) is 17.1 Å². The van der Waals surface area contributed by atoms with Crippen molar-refractivity contribution < 1.29 is 28.6 Å². The lowest BCUT2D eigenvalue weighted by Crippen LogP contribution is -2.42. The molecule has 0 saturated carbocycles. The largest absolute Gasteiger partial charge is 0.493 e. The zero-order valence-corrected chi connectivity index (χ0v) is 14.5. The van der Waals surface area contributed by atoms with Crippen LogP contribution in [0.1, 0.15) is 12.5 Å². The van der Waals surface area contributed by atoms with E-state index in [0.717, 1.165) is 16.7 Å². The first-order chi connectivity index (χ1) is 11.4. The second-order valence-corrected chi connectivity index (χ2v) is 5.83. The van der Waals surface area contributed by atoms with Crippen molar-refractivity contribution in [2.24, 2.45) is 0 Å². The highest BCUT2D eigenvalue weighted by molar-refractivity contribution is 8.18. The molecule has 1 saturated heterocycles. The van der Waals surface area contributed by atoms with E-state index < -0.39 is 23.2 Å². The number of carbonyl (C=O) groups is 3. The predicted octanol–water partition coefficient (Wildman–Crippen LogP) is 2.30. The van der Waals surface area contributed by atoms with Crippen LogP contribution in [0.25, 0.3) is 6.08 Å². The molecule has 1 heterocycles. The Bertz CT molecular complexity index is 715. The van der Waals surface area contributed by atoms with Crippen molar-refractivity contribution >= 4 is 35.0 Å². The molecule has 7 nitrogen and oxygen atoms in total. The fourth-order valence-electron chi connectivity index (χ4n) is 2.26. The van der Waals surface area contributed by atoms with Gasteiger partial charge in [0.25, 0.3) is 11.1 Å². The molecule has 24 heavy (non-hydrogen) atoms. The molecule has 1 aromatic rings. The van der Waals surface area contributed by atoms with E-state index in [9.17, 15) is 14.4 Å². The number of imide groups is 1. The van der Waals surface area contributed by atoms with Crippen LogP contribution in [0.2, 0.25) is 0 Å². The van der Waals surface area contributed by atoms with Crippen molar-refractivity contribution in [3.05, 3.63) is 28.7 Å². The van der Waals surface area contributed by atoms with Gasteiger partial charge in [-0.1, -0.05) is 12.1 Å². The highest BCUT2D eigenvalue weighted by Gasteiger charge is 2.41. The molecular weight excluding hydrogens is 334 g/mol. The maximum atomic E-state index is 12.5. The Morgan fingerprint density at radius 1 is 1.21 bits per heavy atom. The molecule has 0 aromatic heterocycles. The number of ether oxygens (including phenoxy) is 3. The molecule has 8 heteroatoms. The van der Waals surface area contributed by atoms with Crippen LogP contribution in [0.15, 0.2) is 23.1 Å². The summed E-state index contributed by atoms with van der Waals surface area (Å²) < 4.78 is 15.1. The average Bonchev–Trinajstić information content (AvgIpc) is 2.86. The summed E-state index contributed by atoms with van der Waals surface area (Å²) in [7, 11) is 4.20. The van der Waals surface area contributed by atoms with Crippen molar-refractivity contribution in [3.63, 3.8) is 0 Å². The number of hydrogen-bond donors (Lipinski definition) is 0. The Hall–Kier alpha value is -2.48. The van der Waals surface area contributed by atoms with E-state index in [-0.39, 0.29) is 4.91 Å². The number of esters is 1. The summed E-state index contributed by atoms with van der Waals surface area (Å²) in [4.78, 5) is 37.2. The summed E-state index contributed by atoms with van der Waals surface area (Å²) >= 11 is 0.760. The number of methoxy groups -OCH3 is 3. The molecule has 0 spiro atoms. The van der Waals surface area contributed by atoms with Gasteiger partial charge in [0.05, 0.1) is 26.2 Å². The lowest BCUT2D eigenvalue weighted by Gasteiger charge is -2.18. The Labute approximate surface area is 143 Å². The first kappa shape index (κ1) is 17.9. The number of benzene rings is 1. The van der Waals surface area contributed by atoms with E-state index in [2.05, 4.69) is 4.74 Å². The van der Waals surface area contributed by atoms with Crippen molar-refractivity contribution in [2.75, 3.05) is 21.3 Å². The van der Waals surface area contributed by atoms with Crippen LogP contribution in [0.3, 0.4) is 0 Å². The molecule has 1 aromatic carbocycles. The fourth-order valence-corrected chi connectivity index (χ4v) is 3.16. The zero-order valence-electron chi connectivity index (χ0n) is 13.7. The highest BCUT2D eigenvalue weighted by atomic mass is 32.2. The lowest BCUT2D eigenvalue weighted by atomic mass is 10.1. The van der Waals surface area contributed by atoms with Crippen LogP contribution in [0.5, 0.6) is 11.5 Å². The molecule has 2 amide bonds. The van der Waals surface area contributed by atoms with Crippen molar-refractivity contribution in [1.82, 2.24) is 4.90 Å². The highest BCUT2D eigenvalue weighted by Crippen LogP contribution is 2.37. The Morgan fingerprint density at radius 2 is 1.92 bits per heavy atom. The van der Waals surface area contributed by atoms with Crippen LogP contribution in [0, 0.1) is 0 Å². The number of hydrogen-bond acceptors (Lipinski definition) is 7. The van der Waals surface area contributed by atoms with Crippen molar-refractivity contribution in [2.45, 2.75) is 13.0 Å². The van der Waals surface area contributed by atoms with E-state index >= 15 is 0 Å². The molecule has 1 fully saturated rings. The van der Waals surface area contributed by atoms with Gasteiger partial charge in [0, 0.05) is 5.56 Å². The number of rotatable bonds is 5. The number of amides is 2. The molecule has 1 atom stereocenters.